The minimum Gasteiger partial charge on any atom is -0.327 e. The average Bonchev–Trinajstić information content (AvgIpc) is 3.05. The second-order valence-electron chi connectivity index (χ2n) is 8.06. The van der Waals surface area contributed by atoms with E-state index in [0.29, 0.717) is 12.4 Å². The van der Waals surface area contributed by atoms with Gasteiger partial charge in [0.05, 0.1) is 23.3 Å². The van der Waals surface area contributed by atoms with Crippen molar-refractivity contribution in [2.45, 2.75) is 46.7 Å². The van der Waals surface area contributed by atoms with E-state index in [0.717, 1.165) is 11.3 Å². The highest BCUT2D eigenvalue weighted by molar-refractivity contribution is 6.04. The van der Waals surface area contributed by atoms with Crippen LogP contribution in [0.5, 0.6) is 0 Å². The van der Waals surface area contributed by atoms with E-state index < -0.39 is 22.7 Å². The number of benzene rings is 1. The largest absolute Gasteiger partial charge is 0.327 e. The van der Waals surface area contributed by atoms with Gasteiger partial charge in [-0.25, -0.2) is 4.39 Å². The van der Waals surface area contributed by atoms with E-state index in [1.807, 2.05) is 34.6 Å². The van der Waals surface area contributed by atoms with Crippen molar-refractivity contribution >= 4 is 17.6 Å². The van der Waals surface area contributed by atoms with Gasteiger partial charge in [0.2, 0.25) is 5.91 Å². The molecule has 138 valence electrons. The fourth-order valence-electron chi connectivity index (χ4n) is 3.17. The van der Waals surface area contributed by atoms with Gasteiger partial charge >= 0.3 is 0 Å². The number of amides is 2. The molecule has 3 rings (SSSR count). The van der Waals surface area contributed by atoms with E-state index in [-0.39, 0.29) is 11.5 Å². The second-order valence-corrected chi connectivity index (χ2v) is 8.06. The zero-order valence-electron chi connectivity index (χ0n) is 15.6. The number of halogens is 1. The summed E-state index contributed by atoms with van der Waals surface area (Å²) in [4.78, 5) is 27.0. The summed E-state index contributed by atoms with van der Waals surface area (Å²) >= 11 is 0. The van der Waals surface area contributed by atoms with Crippen LogP contribution in [0.3, 0.4) is 0 Å². The van der Waals surface area contributed by atoms with Crippen molar-refractivity contribution in [3.05, 3.63) is 46.9 Å². The van der Waals surface area contributed by atoms with Gasteiger partial charge in [-0.15, -0.1) is 0 Å². The first-order valence-corrected chi connectivity index (χ1v) is 8.49. The predicted octanol–water partition coefficient (Wildman–Crippen LogP) is 3.42. The van der Waals surface area contributed by atoms with E-state index in [1.54, 1.807) is 11.0 Å². The molecule has 1 aromatic heterocycles. The topological polar surface area (TPSA) is 78.1 Å². The normalized spacial score (nSPS) is 15.7. The molecule has 2 N–H and O–H groups in total. The van der Waals surface area contributed by atoms with Gasteiger partial charge in [0, 0.05) is 11.0 Å². The quantitative estimate of drug-likeness (QED) is 0.863. The monoisotopic (exact) mass is 358 g/mol. The van der Waals surface area contributed by atoms with Crippen LogP contribution < -0.4 is 5.32 Å². The molecule has 0 saturated carbocycles. The highest BCUT2D eigenvalue weighted by Crippen LogP contribution is 2.42. The summed E-state index contributed by atoms with van der Waals surface area (Å²) in [5, 5.41) is 9.76. The van der Waals surface area contributed by atoms with Gasteiger partial charge in [-0.3, -0.25) is 14.7 Å². The maximum atomic E-state index is 13.8. The van der Waals surface area contributed by atoms with Crippen molar-refractivity contribution in [3.63, 3.8) is 0 Å². The summed E-state index contributed by atoms with van der Waals surface area (Å²) in [6, 6.07) is 5.77. The number of nitrogens with one attached hydrogen (secondary N) is 2. The molecule has 2 heterocycles. The van der Waals surface area contributed by atoms with Crippen LogP contribution in [-0.2, 0) is 16.9 Å². The number of hydrogen-bond donors (Lipinski definition) is 2. The number of carbonyl (C=O) groups excluding carboxylic acids is 2. The van der Waals surface area contributed by atoms with Crippen molar-refractivity contribution in [1.82, 2.24) is 15.1 Å². The molecule has 0 unspecified atom stereocenters. The Kier molecular flexibility index (Phi) is 4.13. The predicted molar refractivity (Wildman–Crippen MR) is 96.0 cm³/mol. The average molecular weight is 358 g/mol. The lowest BCUT2D eigenvalue weighted by Gasteiger charge is -2.36. The van der Waals surface area contributed by atoms with Crippen LogP contribution in [0.15, 0.2) is 24.3 Å². The number of fused-ring (bicyclic) bond motifs is 1. The molecule has 0 aliphatic carbocycles. The molecular weight excluding hydrogens is 335 g/mol. The Morgan fingerprint density at radius 2 is 1.92 bits per heavy atom. The number of aromatic nitrogens is 2. The Balaban J connectivity index is 1.89. The molecule has 6 nitrogen and oxygen atoms in total. The van der Waals surface area contributed by atoms with Crippen molar-refractivity contribution in [1.29, 1.82) is 0 Å². The van der Waals surface area contributed by atoms with E-state index >= 15 is 0 Å². The molecule has 1 aliphatic heterocycles. The molecule has 0 spiro atoms. The molecule has 7 heteroatoms. The first-order valence-electron chi connectivity index (χ1n) is 8.49. The number of aromatic amines is 1. The van der Waals surface area contributed by atoms with Crippen molar-refractivity contribution in [2.24, 2.45) is 5.41 Å². The summed E-state index contributed by atoms with van der Waals surface area (Å²) in [6.45, 7) is 9.82. The molecule has 2 amide bonds. The third-order valence-electron chi connectivity index (χ3n) is 4.71. The van der Waals surface area contributed by atoms with Crippen LogP contribution in [0.1, 0.15) is 56.2 Å². The molecular formula is C19H23FN4O2. The van der Waals surface area contributed by atoms with Crippen LogP contribution in [0, 0.1) is 11.2 Å². The molecule has 2 aromatic rings. The van der Waals surface area contributed by atoms with Crippen molar-refractivity contribution < 1.29 is 14.0 Å². The molecule has 0 atom stereocenters. The first kappa shape index (κ1) is 18.1. The Bertz CT molecular complexity index is 880. The molecule has 0 radical (unpaired) electrons. The highest BCUT2D eigenvalue weighted by atomic mass is 19.1. The Hall–Kier alpha value is -2.70. The maximum Gasteiger partial charge on any atom is 0.259 e. The van der Waals surface area contributed by atoms with E-state index in [2.05, 4.69) is 15.5 Å². The number of anilines is 1. The fourth-order valence-corrected chi connectivity index (χ4v) is 3.17. The third kappa shape index (κ3) is 2.87. The molecule has 1 aliphatic rings. The number of H-pyrrole nitrogens is 1. The summed E-state index contributed by atoms with van der Waals surface area (Å²) < 4.78 is 13.8. The third-order valence-corrected chi connectivity index (χ3v) is 4.71. The molecule has 1 aromatic carbocycles. The SMILES string of the molecule is CC(C)(C)C(=O)N1Cc2c(NC(=O)c3ccccc3F)n[nH]c2C1(C)C. The zero-order chi connectivity index (χ0) is 19.3. The lowest BCUT2D eigenvalue weighted by atomic mass is 9.92. The van der Waals surface area contributed by atoms with Gasteiger partial charge in [-0.05, 0) is 26.0 Å². The van der Waals surface area contributed by atoms with E-state index in [1.165, 1.54) is 18.2 Å². The highest BCUT2D eigenvalue weighted by Gasteiger charge is 2.46. The van der Waals surface area contributed by atoms with Crippen LogP contribution in [0.4, 0.5) is 10.2 Å². The van der Waals surface area contributed by atoms with Gasteiger partial charge < -0.3 is 10.2 Å². The standard InChI is InChI=1S/C19H23FN4O2/c1-18(2,3)17(26)24-10-12-14(19(24,4)5)22-23-15(12)21-16(25)11-8-6-7-9-13(11)20/h6-9H,10H2,1-5H3,(H2,21,22,23,25). The second kappa shape index (κ2) is 5.93. The van der Waals surface area contributed by atoms with E-state index in [9.17, 15) is 14.0 Å². The van der Waals surface area contributed by atoms with Gasteiger partial charge in [-0.2, -0.15) is 5.10 Å². The number of nitrogens with zero attached hydrogens (tertiary/aromatic N) is 2. The number of carbonyl (C=O) groups is 2. The van der Waals surface area contributed by atoms with Gasteiger partial charge in [0.1, 0.15) is 5.82 Å². The van der Waals surface area contributed by atoms with Crippen LogP contribution >= 0.6 is 0 Å². The Morgan fingerprint density at radius 3 is 2.54 bits per heavy atom. The molecule has 0 bridgehead atoms. The summed E-state index contributed by atoms with van der Waals surface area (Å²) in [5.41, 5.74) is 0.374. The maximum absolute atomic E-state index is 13.8. The van der Waals surface area contributed by atoms with Crippen LogP contribution in [0.2, 0.25) is 0 Å². The Morgan fingerprint density at radius 1 is 1.27 bits per heavy atom. The van der Waals surface area contributed by atoms with Gasteiger partial charge in [0.25, 0.3) is 5.91 Å². The first-order chi connectivity index (χ1) is 12.0. The summed E-state index contributed by atoms with van der Waals surface area (Å²) in [6.07, 6.45) is 0. The zero-order valence-corrected chi connectivity index (χ0v) is 15.6. The van der Waals surface area contributed by atoms with Crippen LogP contribution in [-0.4, -0.2) is 26.9 Å². The molecule has 0 saturated heterocycles. The smallest absolute Gasteiger partial charge is 0.259 e. The van der Waals surface area contributed by atoms with Gasteiger partial charge in [0.15, 0.2) is 5.82 Å². The summed E-state index contributed by atoms with van der Waals surface area (Å²) in [7, 11) is 0. The minimum atomic E-state index is -0.595. The number of rotatable bonds is 2. The number of hydrogen-bond acceptors (Lipinski definition) is 3. The van der Waals surface area contributed by atoms with Crippen LogP contribution in [0.25, 0.3) is 0 Å². The lowest BCUT2D eigenvalue weighted by Crippen LogP contribution is -2.46. The van der Waals surface area contributed by atoms with E-state index in [4.69, 9.17) is 0 Å². The molecule has 26 heavy (non-hydrogen) atoms. The van der Waals surface area contributed by atoms with Crippen molar-refractivity contribution in [3.8, 4) is 0 Å². The van der Waals surface area contributed by atoms with Gasteiger partial charge in [-0.1, -0.05) is 32.9 Å². The summed E-state index contributed by atoms with van der Waals surface area (Å²) in [5.74, 6) is -0.832. The fraction of sp³-hybridized carbons (Fsp3) is 0.421. The lowest BCUT2D eigenvalue weighted by molar-refractivity contribution is -0.145. The molecule has 0 fully saturated rings. The minimum absolute atomic E-state index is 0.0125. The Labute approximate surface area is 151 Å². The van der Waals surface area contributed by atoms with Crippen molar-refractivity contribution in [2.75, 3.05) is 5.32 Å².